The predicted molar refractivity (Wildman–Crippen MR) is 82.4 cm³/mol. The highest BCUT2D eigenvalue weighted by molar-refractivity contribution is 9.10. The van der Waals surface area contributed by atoms with Crippen molar-refractivity contribution in [2.75, 3.05) is 13.1 Å². The maximum atomic E-state index is 11.1. The predicted octanol–water partition coefficient (Wildman–Crippen LogP) is 2.92. The molecule has 20 heavy (non-hydrogen) atoms. The molecule has 0 aliphatic carbocycles. The summed E-state index contributed by atoms with van der Waals surface area (Å²) in [5, 5.41) is 11.1. The second-order valence-corrected chi connectivity index (χ2v) is 6.30. The molecule has 0 radical (unpaired) electrons. The standard InChI is InChI=1S/C14H20BrN3O2/c1-2-10-8-17(6-5-13(10)16)9-11-3-4-12(15)7-14(11)18(19)20/h3-4,7,10,13H,2,5-6,8-9,16H2,1H3. The Bertz CT molecular complexity index is 495. The minimum atomic E-state index is -0.312. The number of halogens is 1. The zero-order valence-electron chi connectivity index (χ0n) is 11.6. The van der Waals surface area contributed by atoms with E-state index in [2.05, 4.69) is 27.8 Å². The van der Waals surface area contributed by atoms with Crippen LogP contribution in [0.3, 0.4) is 0 Å². The van der Waals surface area contributed by atoms with Crippen molar-refractivity contribution in [2.24, 2.45) is 11.7 Å². The van der Waals surface area contributed by atoms with Crippen LogP contribution in [0.15, 0.2) is 22.7 Å². The molecule has 1 aliphatic rings. The number of nitro benzene ring substituents is 1. The van der Waals surface area contributed by atoms with Crippen molar-refractivity contribution in [3.8, 4) is 0 Å². The van der Waals surface area contributed by atoms with Gasteiger partial charge in [0.05, 0.1) is 4.92 Å². The molecule has 0 amide bonds. The maximum absolute atomic E-state index is 11.1. The fourth-order valence-electron chi connectivity index (χ4n) is 2.78. The molecule has 0 bridgehead atoms. The van der Waals surface area contributed by atoms with Crippen molar-refractivity contribution in [2.45, 2.75) is 32.4 Å². The van der Waals surface area contributed by atoms with Gasteiger partial charge in [0, 0.05) is 35.2 Å². The molecule has 1 aliphatic heterocycles. The molecule has 2 rings (SSSR count). The first-order chi connectivity index (χ1) is 9.51. The Labute approximate surface area is 127 Å². The van der Waals surface area contributed by atoms with Gasteiger partial charge in [0.15, 0.2) is 0 Å². The fraction of sp³-hybridized carbons (Fsp3) is 0.571. The van der Waals surface area contributed by atoms with E-state index in [1.165, 1.54) is 0 Å². The molecule has 0 aromatic heterocycles. The van der Waals surface area contributed by atoms with Crippen LogP contribution in [0.1, 0.15) is 25.3 Å². The molecule has 1 saturated heterocycles. The average Bonchev–Trinajstić information content (AvgIpc) is 2.42. The van der Waals surface area contributed by atoms with Gasteiger partial charge in [-0.3, -0.25) is 15.0 Å². The first-order valence-corrected chi connectivity index (χ1v) is 7.71. The minimum absolute atomic E-state index is 0.183. The molecular formula is C14H20BrN3O2. The molecule has 0 spiro atoms. The maximum Gasteiger partial charge on any atom is 0.275 e. The van der Waals surface area contributed by atoms with Crippen molar-refractivity contribution in [3.63, 3.8) is 0 Å². The SMILES string of the molecule is CCC1CN(Cc2ccc(Br)cc2[N+](=O)[O-])CCC1N. The molecule has 1 aromatic rings. The van der Waals surface area contributed by atoms with E-state index in [0.717, 1.165) is 36.0 Å². The lowest BCUT2D eigenvalue weighted by Crippen LogP contribution is -2.46. The quantitative estimate of drug-likeness (QED) is 0.675. The number of likely N-dealkylation sites (tertiary alicyclic amines) is 1. The lowest BCUT2D eigenvalue weighted by atomic mass is 9.90. The second-order valence-electron chi connectivity index (χ2n) is 5.39. The van der Waals surface area contributed by atoms with Crippen molar-refractivity contribution in [1.29, 1.82) is 0 Å². The number of hydrogen-bond donors (Lipinski definition) is 1. The molecule has 1 fully saturated rings. The van der Waals surface area contributed by atoms with Gasteiger partial charge in [-0.05, 0) is 31.0 Å². The third kappa shape index (κ3) is 3.56. The van der Waals surface area contributed by atoms with E-state index >= 15 is 0 Å². The van der Waals surface area contributed by atoms with E-state index in [0.29, 0.717) is 12.5 Å². The Morgan fingerprint density at radius 1 is 1.55 bits per heavy atom. The van der Waals surface area contributed by atoms with Gasteiger partial charge in [0.25, 0.3) is 5.69 Å². The van der Waals surface area contributed by atoms with E-state index < -0.39 is 0 Å². The number of hydrogen-bond acceptors (Lipinski definition) is 4. The highest BCUT2D eigenvalue weighted by atomic mass is 79.9. The van der Waals surface area contributed by atoms with E-state index in [9.17, 15) is 10.1 Å². The molecule has 110 valence electrons. The van der Waals surface area contributed by atoms with Gasteiger partial charge in [-0.1, -0.05) is 29.3 Å². The molecule has 2 atom stereocenters. The van der Waals surface area contributed by atoms with E-state index in [1.54, 1.807) is 6.07 Å². The zero-order valence-corrected chi connectivity index (χ0v) is 13.2. The normalized spacial score (nSPS) is 23.8. The van der Waals surface area contributed by atoms with Gasteiger partial charge >= 0.3 is 0 Å². The molecule has 5 nitrogen and oxygen atoms in total. The number of nitrogens with zero attached hydrogens (tertiary/aromatic N) is 2. The summed E-state index contributed by atoms with van der Waals surface area (Å²) >= 11 is 3.28. The van der Waals surface area contributed by atoms with Gasteiger partial charge in [-0.15, -0.1) is 0 Å². The Hall–Kier alpha value is -0.980. The number of nitrogens with two attached hydrogens (primary N) is 1. The van der Waals surface area contributed by atoms with Crippen LogP contribution in [0.25, 0.3) is 0 Å². The highest BCUT2D eigenvalue weighted by Gasteiger charge is 2.26. The monoisotopic (exact) mass is 341 g/mol. The fourth-order valence-corrected chi connectivity index (χ4v) is 3.13. The van der Waals surface area contributed by atoms with E-state index in [1.807, 2.05) is 12.1 Å². The molecule has 6 heteroatoms. The third-order valence-electron chi connectivity index (χ3n) is 4.04. The van der Waals surface area contributed by atoms with Gasteiger partial charge in [-0.2, -0.15) is 0 Å². The summed E-state index contributed by atoms with van der Waals surface area (Å²) in [4.78, 5) is 13.1. The summed E-state index contributed by atoms with van der Waals surface area (Å²) in [7, 11) is 0. The van der Waals surface area contributed by atoms with E-state index in [4.69, 9.17) is 5.73 Å². The Morgan fingerprint density at radius 2 is 2.30 bits per heavy atom. The summed E-state index contributed by atoms with van der Waals surface area (Å²) in [5.41, 5.74) is 7.05. The Morgan fingerprint density at radius 3 is 2.95 bits per heavy atom. The Balaban J connectivity index is 2.12. The van der Waals surface area contributed by atoms with Crippen LogP contribution in [-0.2, 0) is 6.54 Å². The van der Waals surface area contributed by atoms with Crippen molar-refractivity contribution in [3.05, 3.63) is 38.3 Å². The average molecular weight is 342 g/mol. The summed E-state index contributed by atoms with van der Waals surface area (Å²) in [6, 6.07) is 5.52. The zero-order chi connectivity index (χ0) is 14.7. The van der Waals surface area contributed by atoms with Crippen molar-refractivity contribution in [1.82, 2.24) is 4.90 Å². The highest BCUT2D eigenvalue weighted by Crippen LogP contribution is 2.27. The number of benzene rings is 1. The van der Waals surface area contributed by atoms with Crippen LogP contribution in [0.2, 0.25) is 0 Å². The molecular weight excluding hydrogens is 322 g/mol. The number of piperidine rings is 1. The minimum Gasteiger partial charge on any atom is -0.327 e. The first kappa shape index (κ1) is 15.4. The second kappa shape index (κ2) is 6.65. The topological polar surface area (TPSA) is 72.4 Å². The molecule has 2 N–H and O–H groups in total. The molecule has 1 aromatic carbocycles. The molecule has 2 unspecified atom stereocenters. The third-order valence-corrected chi connectivity index (χ3v) is 4.53. The summed E-state index contributed by atoms with van der Waals surface area (Å²) in [6.45, 7) is 4.60. The van der Waals surface area contributed by atoms with Crippen LogP contribution in [-0.4, -0.2) is 29.0 Å². The van der Waals surface area contributed by atoms with Crippen LogP contribution in [0.5, 0.6) is 0 Å². The molecule has 1 heterocycles. The van der Waals surface area contributed by atoms with Gasteiger partial charge in [0.1, 0.15) is 0 Å². The Kier molecular flexibility index (Phi) is 5.12. The van der Waals surface area contributed by atoms with Gasteiger partial charge < -0.3 is 5.73 Å². The number of rotatable bonds is 4. The van der Waals surface area contributed by atoms with Crippen LogP contribution in [0, 0.1) is 16.0 Å². The smallest absolute Gasteiger partial charge is 0.275 e. The first-order valence-electron chi connectivity index (χ1n) is 6.92. The summed E-state index contributed by atoms with van der Waals surface area (Å²) < 4.78 is 0.736. The van der Waals surface area contributed by atoms with Gasteiger partial charge in [0.2, 0.25) is 0 Å². The van der Waals surface area contributed by atoms with Crippen molar-refractivity contribution >= 4 is 21.6 Å². The number of nitro groups is 1. The summed E-state index contributed by atoms with van der Waals surface area (Å²) in [5.74, 6) is 0.484. The van der Waals surface area contributed by atoms with Crippen LogP contribution in [0.4, 0.5) is 5.69 Å². The van der Waals surface area contributed by atoms with Crippen molar-refractivity contribution < 1.29 is 4.92 Å². The van der Waals surface area contributed by atoms with Crippen LogP contribution >= 0.6 is 15.9 Å². The van der Waals surface area contributed by atoms with E-state index in [-0.39, 0.29) is 16.7 Å². The molecule has 0 saturated carbocycles. The van der Waals surface area contributed by atoms with Gasteiger partial charge in [-0.25, -0.2) is 0 Å². The largest absolute Gasteiger partial charge is 0.327 e. The summed E-state index contributed by atoms with van der Waals surface area (Å²) in [6.07, 6.45) is 2.02. The van der Waals surface area contributed by atoms with Crippen LogP contribution < -0.4 is 5.73 Å². The lowest BCUT2D eigenvalue weighted by molar-refractivity contribution is -0.385. The lowest BCUT2D eigenvalue weighted by Gasteiger charge is -2.36.